The Morgan fingerprint density at radius 3 is 1.79 bits per heavy atom. The number of aryl methyl sites for hydroxylation is 1. The Morgan fingerprint density at radius 1 is 0.758 bits per heavy atom. The Labute approximate surface area is 199 Å². The Kier molecular flexibility index (Phi) is 7.97. The van der Waals surface area contributed by atoms with Crippen LogP contribution in [0.4, 0.5) is 16.2 Å². The van der Waals surface area contributed by atoms with Crippen molar-refractivity contribution in [2.45, 2.75) is 72.8 Å². The normalized spacial score (nSPS) is 11.3. The summed E-state index contributed by atoms with van der Waals surface area (Å²) < 4.78 is 0. The summed E-state index contributed by atoms with van der Waals surface area (Å²) in [6.07, 6.45) is 0. The van der Waals surface area contributed by atoms with Gasteiger partial charge in [0.1, 0.15) is 0 Å². The molecule has 3 aromatic carbocycles. The SMILES string of the molecule is Cc1ccc(CN(C(=O)Nc2c(C(C)C)cccc2C(C)C)c2ccc(C(C)C)cc2)cc1. The molecule has 0 aromatic heterocycles. The lowest BCUT2D eigenvalue weighted by atomic mass is 9.92. The van der Waals surface area contributed by atoms with Crippen LogP contribution < -0.4 is 10.2 Å². The van der Waals surface area contributed by atoms with Crippen LogP contribution in [0.25, 0.3) is 0 Å². The summed E-state index contributed by atoms with van der Waals surface area (Å²) in [6, 6.07) is 23.0. The van der Waals surface area contributed by atoms with E-state index in [-0.39, 0.29) is 6.03 Å². The fraction of sp³-hybridized carbons (Fsp3) is 0.367. The topological polar surface area (TPSA) is 32.3 Å². The average Bonchev–Trinajstić information content (AvgIpc) is 2.78. The zero-order valence-electron chi connectivity index (χ0n) is 21.1. The zero-order valence-corrected chi connectivity index (χ0v) is 21.1. The van der Waals surface area contributed by atoms with Crippen LogP contribution in [0.15, 0.2) is 66.7 Å². The highest BCUT2D eigenvalue weighted by atomic mass is 16.2. The number of hydrogen-bond donors (Lipinski definition) is 1. The molecule has 0 radical (unpaired) electrons. The third kappa shape index (κ3) is 6.04. The van der Waals surface area contributed by atoms with Crippen molar-refractivity contribution < 1.29 is 4.79 Å². The van der Waals surface area contributed by atoms with E-state index in [1.54, 1.807) is 0 Å². The molecular weight excluding hydrogens is 404 g/mol. The molecule has 0 fully saturated rings. The lowest BCUT2D eigenvalue weighted by Crippen LogP contribution is -2.35. The van der Waals surface area contributed by atoms with E-state index in [0.717, 1.165) is 16.9 Å². The summed E-state index contributed by atoms with van der Waals surface area (Å²) in [5, 5.41) is 3.30. The van der Waals surface area contributed by atoms with Crippen LogP contribution in [0.5, 0.6) is 0 Å². The van der Waals surface area contributed by atoms with Gasteiger partial charge in [0, 0.05) is 11.4 Å². The van der Waals surface area contributed by atoms with Crippen molar-refractivity contribution in [3.8, 4) is 0 Å². The van der Waals surface area contributed by atoms with Crippen LogP contribution in [0, 0.1) is 6.92 Å². The van der Waals surface area contributed by atoms with Crippen LogP contribution >= 0.6 is 0 Å². The molecule has 3 rings (SSSR count). The number of carbonyl (C=O) groups is 1. The molecule has 2 amide bonds. The number of benzene rings is 3. The first-order valence-corrected chi connectivity index (χ1v) is 12.0. The third-order valence-electron chi connectivity index (χ3n) is 6.18. The van der Waals surface area contributed by atoms with Crippen molar-refractivity contribution in [3.05, 3.63) is 94.5 Å². The zero-order chi connectivity index (χ0) is 24.1. The van der Waals surface area contributed by atoms with Gasteiger partial charge in [0.2, 0.25) is 0 Å². The lowest BCUT2D eigenvalue weighted by molar-refractivity contribution is 0.256. The van der Waals surface area contributed by atoms with E-state index in [1.165, 1.54) is 22.3 Å². The molecule has 3 aromatic rings. The van der Waals surface area contributed by atoms with E-state index in [0.29, 0.717) is 24.3 Å². The van der Waals surface area contributed by atoms with Gasteiger partial charge in [0.25, 0.3) is 0 Å². The van der Waals surface area contributed by atoms with Crippen LogP contribution in [-0.4, -0.2) is 6.03 Å². The van der Waals surface area contributed by atoms with Gasteiger partial charge in [-0.1, -0.05) is 102 Å². The molecule has 0 spiro atoms. The molecule has 174 valence electrons. The minimum Gasteiger partial charge on any atom is -0.307 e. The maximum atomic E-state index is 13.8. The molecule has 0 aliphatic rings. The highest BCUT2D eigenvalue weighted by Crippen LogP contribution is 2.33. The molecule has 0 saturated carbocycles. The van der Waals surface area contributed by atoms with Gasteiger partial charge in [-0.3, -0.25) is 4.90 Å². The number of anilines is 2. The van der Waals surface area contributed by atoms with Crippen molar-refractivity contribution in [3.63, 3.8) is 0 Å². The summed E-state index contributed by atoms with van der Waals surface area (Å²) in [4.78, 5) is 15.6. The van der Waals surface area contributed by atoms with Crippen LogP contribution in [0.2, 0.25) is 0 Å². The maximum absolute atomic E-state index is 13.8. The van der Waals surface area contributed by atoms with Gasteiger partial charge in [0.05, 0.1) is 6.54 Å². The van der Waals surface area contributed by atoms with Crippen LogP contribution in [0.3, 0.4) is 0 Å². The molecule has 1 N–H and O–H groups in total. The predicted molar refractivity (Wildman–Crippen MR) is 142 cm³/mol. The predicted octanol–water partition coefficient (Wildman–Crippen LogP) is 8.60. The molecule has 0 saturated heterocycles. The second-order valence-corrected chi connectivity index (χ2v) is 9.87. The van der Waals surface area contributed by atoms with Gasteiger partial charge in [0.15, 0.2) is 0 Å². The van der Waals surface area contributed by atoms with Crippen molar-refractivity contribution in [1.29, 1.82) is 0 Å². The number of carbonyl (C=O) groups excluding carboxylic acids is 1. The van der Waals surface area contributed by atoms with Crippen molar-refractivity contribution in [2.24, 2.45) is 0 Å². The standard InChI is InChI=1S/C30H38N2O/c1-20(2)25-15-17-26(18-16-25)32(19-24-13-11-23(7)12-14-24)30(33)31-29-27(21(3)4)9-8-10-28(29)22(5)6/h8-18,20-22H,19H2,1-7H3,(H,31,33). The quantitative estimate of drug-likeness (QED) is 0.390. The van der Waals surface area contributed by atoms with E-state index in [2.05, 4.69) is 121 Å². The van der Waals surface area contributed by atoms with Crippen LogP contribution in [-0.2, 0) is 6.54 Å². The van der Waals surface area contributed by atoms with E-state index in [9.17, 15) is 4.79 Å². The summed E-state index contributed by atoms with van der Waals surface area (Å²) in [5.41, 5.74) is 7.75. The molecule has 0 unspecified atom stereocenters. The van der Waals surface area contributed by atoms with Gasteiger partial charge < -0.3 is 5.32 Å². The first-order chi connectivity index (χ1) is 15.7. The van der Waals surface area contributed by atoms with Gasteiger partial charge in [-0.2, -0.15) is 0 Å². The van der Waals surface area contributed by atoms with Gasteiger partial charge in [-0.05, 0) is 59.1 Å². The van der Waals surface area contributed by atoms with Crippen LogP contribution in [0.1, 0.15) is 87.1 Å². The van der Waals surface area contributed by atoms with E-state index in [1.807, 2.05) is 4.90 Å². The van der Waals surface area contributed by atoms with E-state index >= 15 is 0 Å². The third-order valence-corrected chi connectivity index (χ3v) is 6.18. The molecule has 3 heteroatoms. The maximum Gasteiger partial charge on any atom is 0.326 e. The molecule has 33 heavy (non-hydrogen) atoms. The first kappa shape index (κ1) is 24.6. The van der Waals surface area contributed by atoms with E-state index < -0.39 is 0 Å². The van der Waals surface area contributed by atoms with Crippen molar-refractivity contribution in [1.82, 2.24) is 0 Å². The largest absolute Gasteiger partial charge is 0.326 e. The summed E-state index contributed by atoms with van der Waals surface area (Å²) >= 11 is 0. The number of hydrogen-bond acceptors (Lipinski definition) is 1. The van der Waals surface area contributed by atoms with Gasteiger partial charge in [-0.25, -0.2) is 4.79 Å². The summed E-state index contributed by atoms with van der Waals surface area (Å²) in [5.74, 6) is 1.08. The Hall–Kier alpha value is -3.07. The molecule has 3 nitrogen and oxygen atoms in total. The number of rotatable bonds is 7. The second kappa shape index (κ2) is 10.7. The minimum absolute atomic E-state index is 0.108. The second-order valence-electron chi connectivity index (χ2n) is 9.87. The molecular formula is C30H38N2O. The molecule has 0 aliphatic carbocycles. The Morgan fingerprint density at radius 2 is 1.30 bits per heavy atom. The fourth-order valence-corrected chi connectivity index (χ4v) is 4.07. The number of nitrogens with zero attached hydrogens (tertiary/aromatic N) is 1. The molecule has 0 atom stereocenters. The monoisotopic (exact) mass is 442 g/mol. The van der Waals surface area contributed by atoms with Gasteiger partial charge >= 0.3 is 6.03 Å². The Balaban J connectivity index is 2.00. The number of amides is 2. The van der Waals surface area contributed by atoms with Crippen molar-refractivity contribution >= 4 is 17.4 Å². The van der Waals surface area contributed by atoms with Gasteiger partial charge in [-0.15, -0.1) is 0 Å². The van der Waals surface area contributed by atoms with Crippen molar-refractivity contribution in [2.75, 3.05) is 10.2 Å². The minimum atomic E-state index is -0.108. The Bertz CT molecular complexity index is 1040. The highest BCUT2D eigenvalue weighted by molar-refractivity contribution is 6.02. The lowest BCUT2D eigenvalue weighted by Gasteiger charge is -2.27. The molecule has 0 bridgehead atoms. The number of para-hydroxylation sites is 1. The summed E-state index contributed by atoms with van der Waals surface area (Å²) in [6.45, 7) is 15.6. The summed E-state index contributed by atoms with van der Waals surface area (Å²) in [7, 11) is 0. The van der Waals surface area contributed by atoms with E-state index in [4.69, 9.17) is 0 Å². The highest BCUT2D eigenvalue weighted by Gasteiger charge is 2.21. The smallest absolute Gasteiger partial charge is 0.307 e. The molecule has 0 aliphatic heterocycles. The number of nitrogens with one attached hydrogen (secondary N) is 1. The average molecular weight is 443 g/mol. The number of urea groups is 1. The first-order valence-electron chi connectivity index (χ1n) is 12.0. The fourth-order valence-electron chi connectivity index (χ4n) is 4.07. The molecule has 0 heterocycles.